The normalized spacial score (nSPS) is 13.5. The third-order valence-electron chi connectivity index (χ3n) is 11.0. The van der Waals surface area contributed by atoms with Crippen molar-refractivity contribution in [2.45, 2.75) is 0 Å². The van der Waals surface area contributed by atoms with Gasteiger partial charge in [-0.3, -0.25) is 0 Å². The van der Waals surface area contributed by atoms with Crippen molar-refractivity contribution in [1.82, 2.24) is 0 Å². The molecule has 0 atom stereocenters. The van der Waals surface area contributed by atoms with E-state index in [0.29, 0.717) is 0 Å². The molecule has 0 saturated carbocycles. The van der Waals surface area contributed by atoms with Crippen LogP contribution in [-0.2, 0) is 0 Å². The van der Waals surface area contributed by atoms with E-state index in [9.17, 15) is 0 Å². The molecule has 3 aliphatic heterocycles. The van der Waals surface area contributed by atoms with Gasteiger partial charge in [-0.15, -0.1) is 0 Å². The molecule has 0 radical (unpaired) electrons. The van der Waals surface area contributed by atoms with Crippen molar-refractivity contribution in [3.05, 3.63) is 164 Å². The van der Waals surface area contributed by atoms with Crippen molar-refractivity contribution in [2.75, 3.05) is 9.71 Å². The fraction of sp³-hybridized carbons (Fsp3) is 0. The maximum Gasteiger partial charge on any atom is 0.333 e. The van der Waals surface area contributed by atoms with E-state index in [-0.39, 0.29) is 6.85 Å². The predicted molar refractivity (Wildman–Crippen MR) is 210 cm³/mol. The van der Waals surface area contributed by atoms with Gasteiger partial charge in [0.1, 0.15) is 5.58 Å². The summed E-state index contributed by atoms with van der Waals surface area (Å²) >= 11 is 0. The molecule has 0 aliphatic carbocycles. The third-order valence-corrected chi connectivity index (χ3v) is 11.0. The molecule has 4 nitrogen and oxygen atoms in total. The standard InChI is InChI=1S/C46H27BN2O2/c1-2-11-28(12-3-1)29-21-24-31(25-22-29)49-38-26-23-30-13-4-5-14-32(30)42(38)35-27-34-33-15-6-8-18-39(33)51-46(34)45-43(35)47(49)36-16-10-20-41-44(36)48(45)37-17-7-9-19-40(37)50-41/h1-27H. The van der Waals surface area contributed by atoms with Gasteiger partial charge in [-0.05, 0) is 86.9 Å². The fourth-order valence-corrected chi connectivity index (χ4v) is 8.88. The molecule has 0 fully saturated rings. The van der Waals surface area contributed by atoms with Crippen LogP contribution in [0.1, 0.15) is 0 Å². The molecule has 0 spiro atoms. The summed E-state index contributed by atoms with van der Waals surface area (Å²) in [6.07, 6.45) is 0. The quantitative estimate of drug-likeness (QED) is 0.174. The zero-order valence-electron chi connectivity index (χ0n) is 27.4. The summed E-state index contributed by atoms with van der Waals surface area (Å²) in [4.78, 5) is 4.96. The van der Waals surface area contributed by atoms with Crippen LogP contribution in [-0.4, -0.2) is 6.85 Å². The van der Waals surface area contributed by atoms with Crippen molar-refractivity contribution >= 4 is 78.9 Å². The molecule has 0 bridgehead atoms. The Hall–Kier alpha value is -6.72. The maximum atomic E-state index is 6.93. The molecule has 12 rings (SSSR count). The van der Waals surface area contributed by atoms with Gasteiger partial charge in [0.25, 0.3) is 0 Å². The molecule has 9 aromatic rings. The summed E-state index contributed by atoms with van der Waals surface area (Å²) in [7, 11) is 0. The van der Waals surface area contributed by atoms with E-state index < -0.39 is 0 Å². The molecular formula is C46H27BN2O2. The molecule has 0 N–H and O–H groups in total. The lowest BCUT2D eigenvalue weighted by atomic mass is 9.43. The summed E-state index contributed by atoms with van der Waals surface area (Å²) in [5.41, 5.74) is 14.5. The number of furan rings is 1. The van der Waals surface area contributed by atoms with Gasteiger partial charge in [0.15, 0.2) is 17.1 Å². The van der Waals surface area contributed by atoms with Crippen molar-refractivity contribution < 1.29 is 9.15 Å². The Bertz CT molecular complexity index is 2910. The molecule has 1 aromatic heterocycles. The lowest BCUT2D eigenvalue weighted by Crippen LogP contribution is -2.61. The number of hydrogen-bond donors (Lipinski definition) is 0. The van der Waals surface area contributed by atoms with Gasteiger partial charge < -0.3 is 18.9 Å². The third kappa shape index (κ3) is 3.59. The summed E-state index contributed by atoms with van der Waals surface area (Å²) in [6.45, 7) is -0.149. The number of ether oxygens (including phenoxy) is 1. The molecule has 3 aliphatic rings. The van der Waals surface area contributed by atoms with Crippen LogP contribution in [0.3, 0.4) is 0 Å². The van der Waals surface area contributed by atoms with Crippen LogP contribution in [0.4, 0.5) is 28.4 Å². The number of fused-ring (bicyclic) bond motifs is 12. The summed E-state index contributed by atoms with van der Waals surface area (Å²) < 4.78 is 13.6. The first-order valence-corrected chi connectivity index (χ1v) is 17.5. The lowest BCUT2D eigenvalue weighted by molar-refractivity contribution is 0.477. The average molecular weight is 651 g/mol. The second-order valence-corrected chi connectivity index (χ2v) is 13.6. The number of rotatable bonds is 2. The number of para-hydroxylation sites is 4. The Labute approximate surface area is 294 Å². The summed E-state index contributed by atoms with van der Waals surface area (Å²) in [5.74, 6) is 1.67. The van der Waals surface area contributed by atoms with Gasteiger partial charge in [-0.1, -0.05) is 115 Å². The maximum absolute atomic E-state index is 6.93. The first-order valence-electron chi connectivity index (χ1n) is 17.5. The Morgan fingerprint density at radius 2 is 1.25 bits per heavy atom. The van der Waals surface area contributed by atoms with E-state index in [1.807, 2.05) is 6.07 Å². The molecule has 4 heterocycles. The van der Waals surface area contributed by atoms with Crippen LogP contribution in [0, 0.1) is 0 Å². The SMILES string of the molecule is c1ccc(-c2ccc(N3B4c5cccc6c5N(c5ccccc5O6)c5c4c(cc4c5oc5ccccc54)-c4c3ccc3ccccc43)cc2)cc1. The topological polar surface area (TPSA) is 28.9 Å². The van der Waals surface area contributed by atoms with Crippen molar-refractivity contribution in [2.24, 2.45) is 0 Å². The largest absolute Gasteiger partial charge is 0.454 e. The van der Waals surface area contributed by atoms with Crippen LogP contribution in [0.5, 0.6) is 11.5 Å². The molecule has 0 unspecified atom stereocenters. The van der Waals surface area contributed by atoms with Crippen molar-refractivity contribution in [1.29, 1.82) is 0 Å². The number of hydrogen-bond acceptors (Lipinski definition) is 4. The number of nitrogens with zero attached hydrogens (tertiary/aromatic N) is 2. The highest BCUT2D eigenvalue weighted by molar-refractivity contribution is 6.94. The van der Waals surface area contributed by atoms with E-state index in [4.69, 9.17) is 9.15 Å². The van der Waals surface area contributed by atoms with Crippen LogP contribution in [0.2, 0.25) is 0 Å². The first-order chi connectivity index (χ1) is 25.3. The number of benzene rings is 8. The molecule has 51 heavy (non-hydrogen) atoms. The van der Waals surface area contributed by atoms with Gasteiger partial charge in [0, 0.05) is 27.7 Å². The van der Waals surface area contributed by atoms with E-state index in [2.05, 4.69) is 167 Å². The zero-order valence-corrected chi connectivity index (χ0v) is 27.4. The molecule has 8 aromatic carbocycles. The van der Waals surface area contributed by atoms with Gasteiger partial charge in [-0.25, -0.2) is 0 Å². The average Bonchev–Trinajstić information content (AvgIpc) is 3.57. The van der Waals surface area contributed by atoms with Gasteiger partial charge in [-0.2, -0.15) is 0 Å². The monoisotopic (exact) mass is 650 g/mol. The van der Waals surface area contributed by atoms with E-state index >= 15 is 0 Å². The van der Waals surface area contributed by atoms with Crippen molar-refractivity contribution in [3.63, 3.8) is 0 Å². The Balaban J connectivity index is 1.25. The Morgan fingerprint density at radius 3 is 2.16 bits per heavy atom. The van der Waals surface area contributed by atoms with Crippen LogP contribution in [0.15, 0.2) is 168 Å². The van der Waals surface area contributed by atoms with Gasteiger partial charge in [0.2, 0.25) is 0 Å². The number of anilines is 5. The Kier molecular flexibility index (Phi) is 5.29. The molecule has 236 valence electrons. The Morgan fingerprint density at radius 1 is 0.510 bits per heavy atom. The van der Waals surface area contributed by atoms with Crippen LogP contribution < -0.4 is 25.4 Å². The van der Waals surface area contributed by atoms with Crippen molar-refractivity contribution in [3.8, 4) is 33.8 Å². The minimum absolute atomic E-state index is 0.149. The summed E-state index contributed by atoms with van der Waals surface area (Å²) in [5, 5.41) is 4.68. The predicted octanol–water partition coefficient (Wildman–Crippen LogP) is 11.2. The second-order valence-electron chi connectivity index (χ2n) is 13.6. The van der Waals surface area contributed by atoms with E-state index in [1.54, 1.807) is 0 Å². The highest BCUT2D eigenvalue weighted by Gasteiger charge is 2.49. The smallest absolute Gasteiger partial charge is 0.333 e. The summed E-state index contributed by atoms with van der Waals surface area (Å²) in [6, 6.07) is 58.7. The molecule has 0 saturated heterocycles. The minimum atomic E-state index is -0.149. The van der Waals surface area contributed by atoms with Crippen LogP contribution >= 0.6 is 0 Å². The molecule has 5 heteroatoms. The zero-order chi connectivity index (χ0) is 33.2. The van der Waals surface area contributed by atoms with Gasteiger partial charge in [0.05, 0.1) is 17.1 Å². The first kappa shape index (κ1) is 27.1. The highest BCUT2D eigenvalue weighted by atomic mass is 16.5. The minimum Gasteiger partial charge on any atom is -0.454 e. The van der Waals surface area contributed by atoms with Crippen LogP contribution in [0.25, 0.3) is 55.0 Å². The second kappa shape index (κ2) is 9.93. The van der Waals surface area contributed by atoms with E-state index in [0.717, 1.165) is 56.2 Å². The molecule has 0 amide bonds. The van der Waals surface area contributed by atoms with Gasteiger partial charge >= 0.3 is 6.85 Å². The lowest BCUT2D eigenvalue weighted by Gasteiger charge is -2.47. The van der Waals surface area contributed by atoms with E-state index in [1.165, 1.54) is 49.6 Å². The highest BCUT2D eigenvalue weighted by Crippen LogP contribution is 2.56. The fourth-order valence-electron chi connectivity index (χ4n) is 8.88. The molecular weight excluding hydrogens is 623 g/mol.